The van der Waals surface area contributed by atoms with E-state index in [2.05, 4.69) is 10.6 Å². The maximum atomic E-state index is 13.4. The minimum atomic E-state index is -0.479. The summed E-state index contributed by atoms with van der Waals surface area (Å²) in [5.41, 5.74) is 0.293. The molecule has 2 fully saturated rings. The first-order valence-corrected chi connectivity index (χ1v) is 9.48. The van der Waals surface area contributed by atoms with Crippen LogP contribution in [-0.4, -0.2) is 24.5 Å². The number of hydrogen-bond acceptors (Lipinski definition) is 2. The van der Waals surface area contributed by atoms with E-state index in [1.807, 2.05) is 0 Å². The Balaban J connectivity index is 1.42. The van der Waals surface area contributed by atoms with E-state index in [0.29, 0.717) is 11.6 Å². The summed E-state index contributed by atoms with van der Waals surface area (Å²) in [5, 5.41) is 6.97. The maximum Gasteiger partial charge on any atom is 0.251 e. The normalized spacial score (nSPS) is 24.9. The van der Waals surface area contributed by atoms with Crippen molar-refractivity contribution < 1.29 is 9.18 Å². The Morgan fingerprint density at radius 3 is 2.38 bits per heavy atom. The van der Waals surface area contributed by atoms with Crippen LogP contribution in [0.4, 0.5) is 4.39 Å². The molecule has 24 heavy (non-hydrogen) atoms. The topological polar surface area (TPSA) is 41.1 Å². The lowest BCUT2D eigenvalue weighted by Gasteiger charge is -2.30. The van der Waals surface area contributed by atoms with Gasteiger partial charge in [-0.05, 0) is 69.2 Å². The van der Waals surface area contributed by atoms with Gasteiger partial charge in [-0.1, -0.05) is 24.4 Å². The Morgan fingerprint density at radius 1 is 1.04 bits per heavy atom. The predicted molar refractivity (Wildman–Crippen MR) is 94.9 cm³/mol. The summed E-state index contributed by atoms with van der Waals surface area (Å²) in [6.45, 7) is 1.14. The number of benzene rings is 1. The van der Waals surface area contributed by atoms with Crippen molar-refractivity contribution in [3.05, 3.63) is 34.6 Å². The summed E-state index contributed by atoms with van der Waals surface area (Å²) in [7, 11) is 0. The molecule has 3 rings (SSSR count). The smallest absolute Gasteiger partial charge is 0.251 e. The van der Waals surface area contributed by atoms with Crippen molar-refractivity contribution in [2.45, 2.75) is 63.5 Å². The Morgan fingerprint density at radius 2 is 1.71 bits per heavy atom. The van der Waals surface area contributed by atoms with Crippen LogP contribution in [0.5, 0.6) is 0 Å². The van der Waals surface area contributed by atoms with Crippen LogP contribution in [0.3, 0.4) is 0 Å². The van der Waals surface area contributed by atoms with Crippen LogP contribution in [0.1, 0.15) is 61.7 Å². The molecule has 2 aliphatic carbocycles. The molecule has 2 aliphatic rings. The summed E-state index contributed by atoms with van der Waals surface area (Å²) >= 11 is 5.82. The van der Waals surface area contributed by atoms with Crippen LogP contribution in [-0.2, 0) is 0 Å². The minimum Gasteiger partial charge on any atom is -0.349 e. The number of amides is 1. The molecule has 2 saturated carbocycles. The van der Waals surface area contributed by atoms with Crippen molar-refractivity contribution in [3.8, 4) is 0 Å². The number of halogens is 2. The van der Waals surface area contributed by atoms with E-state index in [-0.39, 0.29) is 17.0 Å². The van der Waals surface area contributed by atoms with Gasteiger partial charge in [0.05, 0.1) is 0 Å². The second kappa shape index (κ2) is 8.30. The van der Waals surface area contributed by atoms with Crippen LogP contribution >= 0.6 is 11.6 Å². The molecule has 5 heteroatoms. The lowest BCUT2D eigenvalue weighted by atomic mass is 9.90. The first kappa shape index (κ1) is 17.7. The van der Waals surface area contributed by atoms with Gasteiger partial charge in [0.1, 0.15) is 5.82 Å². The molecule has 2 N–H and O–H groups in total. The zero-order valence-electron chi connectivity index (χ0n) is 14.0. The highest BCUT2D eigenvalue weighted by Gasteiger charge is 2.24. The molecule has 0 heterocycles. The van der Waals surface area contributed by atoms with E-state index < -0.39 is 5.82 Å². The van der Waals surface area contributed by atoms with Crippen molar-refractivity contribution in [2.75, 3.05) is 6.54 Å². The van der Waals surface area contributed by atoms with Crippen molar-refractivity contribution in [1.82, 2.24) is 10.6 Å². The second-order valence-electron chi connectivity index (χ2n) is 7.24. The fourth-order valence-electron chi connectivity index (χ4n) is 3.94. The van der Waals surface area contributed by atoms with Crippen LogP contribution in [0.2, 0.25) is 5.02 Å². The second-order valence-corrected chi connectivity index (χ2v) is 7.68. The van der Waals surface area contributed by atoms with Gasteiger partial charge in [-0.2, -0.15) is 0 Å². The Bertz CT molecular complexity index is 546. The molecule has 0 aliphatic heterocycles. The average molecular weight is 353 g/mol. The Hall–Kier alpha value is -1.13. The molecule has 0 aromatic heterocycles. The standard InChI is InChI=1S/C19H26ClFN2O/c20-15-9-14(10-16(21)11-15)19(24)23-18-7-5-17(6-8-18)22-12-13-3-1-2-4-13/h9-11,13,17-18,22H,1-8,12H2,(H,23,24). The molecule has 3 nitrogen and oxygen atoms in total. The van der Waals surface area contributed by atoms with Crippen LogP contribution in [0, 0.1) is 11.7 Å². The molecule has 1 amide bonds. The number of carbonyl (C=O) groups is 1. The molecular weight excluding hydrogens is 327 g/mol. The number of rotatable bonds is 5. The van der Waals surface area contributed by atoms with Gasteiger partial charge in [0.15, 0.2) is 0 Å². The van der Waals surface area contributed by atoms with Gasteiger partial charge >= 0.3 is 0 Å². The van der Waals surface area contributed by atoms with E-state index in [0.717, 1.165) is 38.1 Å². The third-order valence-electron chi connectivity index (χ3n) is 5.36. The predicted octanol–water partition coefficient (Wildman–Crippen LogP) is 4.30. The number of nitrogens with one attached hydrogen (secondary N) is 2. The van der Waals surface area contributed by atoms with E-state index in [9.17, 15) is 9.18 Å². The van der Waals surface area contributed by atoms with Crippen LogP contribution in [0.15, 0.2) is 18.2 Å². The Labute approximate surface area is 148 Å². The molecule has 0 radical (unpaired) electrons. The first-order chi connectivity index (χ1) is 11.6. The van der Waals surface area contributed by atoms with Gasteiger partial charge in [-0.15, -0.1) is 0 Å². The molecule has 0 unspecified atom stereocenters. The van der Waals surface area contributed by atoms with Crippen molar-refractivity contribution in [3.63, 3.8) is 0 Å². The van der Waals surface area contributed by atoms with E-state index >= 15 is 0 Å². The molecule has 1 aromatic carbocycles. The minimum absolute atomic E-state index is 0.170. The van der Waals surface area contributed by atoms with Gasteiger partial charge in [0.25, 0.3) is 5.91 Å². The number of carbonyl (C=O) groups excluding carboxylic acids is 1. The summed E-state index contributed by atoms with van der Waals surface area (Å²) in [6.07, 6.45) is 9.62. The zero-order chi connectivity index (χ0) is 16.9. The highest BCUT2D eigenvalue weighted by molar-refractivity contribution is 6.31. The molecule has 0 spiro atoms. The van der Waals surface area contributed by atoms with Gasteiger partial charge in [0, 0.05) is 22.7 Å². The van der Waals surface area contributed by atoms with Gasteiger partial charge in [-0.3, -0.25) is 4.79 Å². The SMILES string of the molecule is O=C(NC1CCC(NCC2CCCC2)CC1)c1cc(F)cc(Cl)c1. The quantitative estimate of drug-likeness (QED) is 0.829. The lowest BCUT2D eigenvalue weighted by Crippen LogP contribution is -2.43. The molecule has 0 bridgehead atoms. The third kappa shape index (κ3) is 4.93. The average Bonchev–Trinajstić information content (AvgIpc) is 3.07. The van der Waals surface area contributed by atoms with E-state index in [1.165, 1.54) is 43.9 Å². The fraction of sp³-hybridized carbons (Fsp3) is 0.632. The summed E-state index contributed by atoms with van der Waals surface area (Å²) in [6, 6.07) is 4.69. The van der Waals surface area contributed by atoms with Gasteiger partial charge in [-0.25, -0.2) is 4.39 Å². The third-order valence-corrected chi connectivity index (χ3v) is 5.58. The largest absolute Gasteiger partial charge is 0.349 e. The van der Waals surface area contributed by atoms with Crippen molar-refractivity contribution >= 4 is 17.5 Å². The Kier molecular flexibility index (Phi) is 6.12. The highest BCUT2D eigenvalue weighted by Crippen LogP contribution is 2.25. The molecular formula is C19H26ClFN2O. The molecule has 132 valence electrons. The van der Waals surface area contributed by atoms with Crippen LogP contribution in [0.25, 0.3) is 0 Å². The fourth-order valence-corrected chi connectivity index (χ4v) is 4.17. The van der Waals surface area contributed by atoms with Crippen molar-refractivity contribution in [1.29, 1.82) is 0 Å². The van der Waals surface area contributed by atoms with E-state index in [1.54, 1.807) is 0 Å². The van der Waals surface area contributed by atoms with Crippen LogP contribution < -0.4 is 10.6 Å². The number of hydrogen-bond donors (Lipinski definition) is 2. The summed E-state index contributed by atoms with van der Waals surface area (Å²) < 4.78 is 13.4. The highest BCUT2D eigenvalue weighted by atomic mass is 35.5. The summed E-state index contributed by atoms with van der Waals surface area (Å²) in [4.78, 5) is 12.2. The first-order valence-electron chi connectivity index (χ1n) is 9.10. The van der Waals surface area contributed by atoms with Crippen molar-refractivity contribution in [2.24, 2.45) is 5.92 Å². The monoisotopic (exact) mass is 352 g/mol. The molecule has 1 aromatic rings. The lowest BCUT2D eigenvalue weighted by molar-refractivity contribution is 0.0923. The summed E-state index contributed by atoms with van der Waals surface area (Å²) in [5.74, 6) is 0.145. The van der Waals surface area contributed by atoms with Gasteiger partial charge in [0.2, 0.25) is 0 Å². The van der Waals surface area contributed by atoms with Gasteiger partial charge < -0.3 is 10.6 Å². The van der Waals surface area contributed by atoms with E-state index in [4.69, 9.17) is 11.6 Å². The molecule has 0 saturated heterocycles. The zero-order valence-corrected chi connectivity index (χ0v) is 14.7. The molecule has 0 atom stereocenters. The maximum absolute atomic E-state index is 13.4.